The van der Waals surface area contributed by atoms with Gasteiger partial charge in [-0.25, -0.2) is 4.39 Å². The standard InChI is InChI=1S/C20H16FN5OS2/c21-16-7-1-2-8-17(16)26-19(14-5-3-9-22-11-14)24-25-20(26)29-13-18(27)23-12-15-6-4-10-28-15/h1-11H,12-13H2,(H,23,27). The second-order valence-electron chi connectivity index (χ2n) is 5.98. The fourth-order valence-electron chi connectivity index (χ4n) is 2.68. The van der Waals surface area contributed by atoms with E-state index in [1.165, 1.54) is 17.8 Å². The highest BCUT2D eigenvalue weighted by atomic mass is 32.2. The van der Waals surface area contributed by atoms with Gasteiger partial charge in [-0.15, -0.1) is 21.5 Å². The minimum absolute atomic E-state index is 0.130. The summed E-state index contributed by atoms with van der Waals surface area (Å²) in [5.41, 5.74) is 1.02. The molecule has 1 aromatic carbocycles. The Bertz CT molecular complexity index is 1100. The Labute approximate surface area is 174 Å². The molecular formula is C20H16FN5OS2. The lowest BCUT2D eigenvalue weighted by molar-refractivity contribution is -0.118. The van der Waals surface area contributed by atoms with Gasteiger partial charge in [-0.3, -0.25) is 14.3 Å². The normalized spacial score (nSPS) is 10.8. The van der Waals surface area contributed by atoms with E-state index in [1.807, 2.05) is 23.6 Å². The molecule has 0 fully saturated rings. The molecule has 0 bridgehead atoms. The van der Waals surface area contributed by atoms with Crippen LogP contribution in [0.5, 0.6) is 0 Å². The third kappa shape index (κ3) is 4.52. The highest BCUT2D eigenvalue weighted by Gasteiger charge is 2.19. The molecule has 3 heterocycles. The average molecular weight is 426 g/mol. The van der Waals surface area contributed by atoms with Crippen LogP contribution in [-0.2, 0) is 11.3 Å². The lowest BCUT2D eigenvalue weighted by atomic mass is 10.2. The molecule has 146 valence electrons. The smallest absolute Gasteiger partial charge is 0.230 e. The molecule has 0 aliphatic heterocycles. The van der Waals surface area contributed by atoms with Gasteiger partial charge < -0.3 is 5.32 Å². The first kappa shape index (κ1) is 19.3. The van der Waals surface area contributed by atoms with Crippen LogP contribution in [0, 0.1) is 5.82 Å². The topological polar surface area (TPSA) is 72.7 Å². The van der Waals surface area contributed by atoms with E-state index >= 15 is 0 Å². The van der Waals surface area contributed by atoms with E-state index in [9.17, 15) is 9.18 Å². The van der Waals surface area contributed by atoms with Crippen molar-refractivity contribution in [2.45, 2.75) is 11.7 Å². The Morgan fingerprint density at radius 3 is 2.79 bits per heavy atom. The molecule has 1 amide bonds. The first-order valence-electron chi connectivity index (χ1n) is 8.75. The molecule has 4 rings (SSSR count). The van der Waals surface area contributed by atoms with Crippen LogP contribution in [0.25, 0.3) is 17.1 Å². The second-order valence-corrected chi connectivity index (χ2v) is 7.95. The van der Waals surface area contributed by atoms with Gasteiger partial charge in [0.05, 0.1) is 18.0 Å². The summed E-state index contributed by atoms with van der Waals surface area (Å²) < 4.78 is 16.1. The van der Waals surface area contributed by atoms with Crippen molar-refractivity contribution in [1.29, 1.82) is 0 Å². The Kier molecular flexibility index (Phi) is 5.97. The predicted molar refractivity (Wildman–Crippen MR) is 111 cm³/mol. The van der Waals surface area contributed by atoms with Crippen LogP contribution in [0.2, 0.25) is 0 Å². The molecule has 3 aromatic heterocycles. The van der Waals surface area contributed by atoms with Gasteiger partial charge in [0.15, 0.2) is 11.0 Å². The number of pyridine rings is 1. The largest absolute Gasteiger partial charge is 0.350 e. The summed E-state index contributed by atoms with van der Waals surface area (Å²) in [4.78, 5) is 17.4. The van der Waals surface area contributed by atoms with E-state index in [1.54, 1.807) is 52.6 Å². The zero-order valence-corrected chi connectivity index (χ0v) is 16.8. The van der Waals surface area contributed by atoms with Crippen molar-refractivity contribution in [2.75, 3.05) is 5.75 Å². The summed E-state index contributed by atoms with van der Waals surface area (Å²) in [5, 5.41) is 13.7. The molecule has 1 N–H and O–H groups in total. The summed E-state index contributed by atoms with van der Waals surface area (Å²) >= 11 is 2.79. The molecule has 4 aromatic rings. The lowest BCUT2D eigenvalue weighted by Crippen LogP contribution is -2.24. The third-order valence-corrected chi connectivity index (χ3v) is 5.82. The van der Waals surface area contributed by atoms with Crippen molar-refractivity contribution in [3.63, 3.8) is 0 Å². The average Bonchev–Trinajstić information content (AvgIpc) is 3.42. The van der Waals surface area contributed by atoms with Crippen molar-refractivity contribution in [2.24, 2.45) is 0 Å². The summed E-state index contributed by atoms with van der Waals surface area (Å²) in [6, 6.07) is 13.9. The molecule has 0 saturated carbocycles. The number of nitrogens with one attached hydrogen (secondary N) is 1. The SMILES string of the molecule is O=C(CSc1nnc(-c2cccnc2)n1-c1ccccc1F)NCc1cccs1. The number of hydrogen-bond donors (Lipinski definition) is 1. The Hall–Kier alpha value is -3.04. The Morgan fingerprint density at radius 2 is 2.03 bits per heavy atom. The maximum Gasteiger partial charge on any atom is 0.230 e. The van der Waals surface area contributed by atoms with Gasteiger partial charge >= 0.3 is 0 Å². The molecule has 0 unspecified atom stereocenters. The number of nitrogens with zero attached hydrogens (tertiary/aromatic N) is 4. The lowest BCUT2D eigenvalue weighted by Gasteiger charge is -2.11. The van der Waals surface area contributed by atoms with E-state index < -0.39 is 5.82 Å². The molecule has 0 aliphatic carbocycles. The number of thioether (sulfide) groups is 1. The van der Waals surface area contributed by atoms with Crippen LogP contribution in [0.1, 0.15) is 4.88 Å². The van der Waals surface area contributed by atoms with E-state index in [2.05, 4.69) is 20.5 Å². The molecular weight excluding hydrogens is 409 g/mol. The van der Waals surface area contributed by atoms with Crippen molar-refractivity contribution in [3.05, 3.63) is 77.0 Å². The van der Waals surface area contributed by atoms with Crippen LogP contribution in [-0.4, -0.2) is 31.4 Å². The predicted octanol–water partition coefficient (Wildman–Crippen LogP) is 3.94. The minimum atomic E-state index is -0.401. The van der Waals surface area contributed by atoms with Gasteiger partial charge in [0.25, 0.3) is 0 Å². The number of para-hydroxylation sites is 1. The van der Waals surface area contributed by atoms with Gasteiger partial charge in [0.1, 0.15) is 5.82 Å². The van der Waals surface area contributed by atoms with Gasteiger partial charge in [-0.2, -0.15) is 0 Å². The van der Waals surface area contributed by atoms with E-state index in [0.29, 0.717) is 28.8 Å². The number of hydrogen-bond acceptors (Lipinski definition) is 6. The number of amides is 1. The van der Waals surface area contributed by atoms with Crippen molar-refractivity contribution in [3.8, 4) is 17.1 Å². The molecule has 0 saturated heterocycles. The fourth-order valence-corrected chi connectivity index (χ4v) is 4.09. The van der Waals surface area contributed by atoms with E-state index in [0.717, 1.165) is 4.88 Å². The van der Waals surface area contributed by atoms with Crippen LogP contribution in [0.15, 0.2) is 71.5 Å². The fraction of sp³-hybridized carbons (Fsp3) is 0.100. The van der Waals surface area contributed by atoms with Crippen molar-refractivity contribution >= 4 is 29.0 Å². The van der Waals surface area contributed by atoms with E-state index in [-0.39, 0.29) is 11.7 Å². The van der Waals surface area contributed by atoms with Gasteiger partial charge in [-0.05, 0) is 35.7 Å². The van der Waals surface area contributed by atoms with Crippen LogP contribution >= 0.6 is 23.1 Å². The number of carbonyl (C=O) groups is 1. The number of benzene rings is 1. The number of rotatable bonds is 7. The van der Waals surface area contributed by atoms with Crippen LogP contribution in [0.4, 0.5) is 4.39 Å². The van der Waals surface area contributed by atoms with Gasteiger partial charge in [0.2, 0.25) is 5.91 Å². The molecule has 0 aliphatic rings. The summed E-state index contributed by atoms with van der Waals surface area (Å²) in [6.45, 7) is 0.484. The summed E-state index contributed by atoms with van der Waals surface area (Å²) in [7, 11) is 0. The highest BCUT2D eigenvalue weighted by Crippen LogP contribution is 2.28. The zero-order valence-electron chi connectivity index (χ0n) is 15.2. The van der Waals surface area contributed by atoms with Crippen molar-refractivity contribution in [1.82, 2.24) is 25.1 Å². The molecule has 0 atom stereocenters. The maximum atomic E-state index is 14.5. The van der Waals surface area contributed by atoms with E-state index in [4.69, 9.17) is 0 Å². The van der Waals surface area contributed by atoms with Gasteiger partial charge in [-0.1, -0.05) is 30.0 Å². The Morgan fingerprint density at radius 1 is 1.14 bits per heavy atom. The Balaban J connectivity index is 1.57. The molecule has 6 nitrogen and oxygen atoms in total. The second kappa shape index (κ2) is 8.97. The van der Waals surface area contributed by atoms with Gasteiger partial charge in [0, 0.05) is 22.8 Å². The first-order chi connectivity index (χ1) is 14.2. The molecule has 0 radical (unpaired) electrons. The number of aromatic nitrogens is 4. The number of thiophene rings is 1. The monoisotopic (exact) mass is 425 g/mol. The summed E-state index contributed by atoms with van der Waals surface area (Å²) in [6.07, 6.45) is 3.30. The molecule has 0 spiro atoms. The molecule has 29 heavy (non-hydrogen) atoms. The quantitative estimate of drug-likeness (QED) is 0.454. The zero-order chi connectivity index (χ0) is 20.1. The first-order valence-corrected chi connectivity index (χ1v) is 10.6. The maximum absolute atomic E-state index is 14.5. The highest BCUT2D eigenvalue weighted by molar-refractivity contribution is 7.99. The number of halogens is 1. The van der Waals surface area contributed by atoms with Crippen LogP contribution in [0.3, 0.4) is 0 Å². The summed E-state index contributed by atoms with van der Waals surface area (Å²) in [5.74, 6) is 0.0749. The van der Waals surface area contributed by atoms with Crippen molar-refractivity contribution < 1.29 is 9.18 Å². The third-order valence-electron chi connectivity index (χ3n) is 4.02. The number of carbonyl (C=O) groups excluding carboxylic acids is 1. The minimum Gasteiger partial charge on any atom is -0.350 e. The van der Waals surface area contributed by atoms with Crippen LogP contribution < -0.4 is 5.32 Å². The molecule has 9 heteroatoms.